The van der Waals surface area contributed by atoms with Crippen LogP contribution in [-0.2, 0) is 9.47 Å². The van der Waals surface area contributed by atoms with Gasteiger partial charge in [0.25, 0.3) is 5.95 Å². The number of allylic oxidation sites excluding steroid dienone is 1. The monoisotopic (exact) mass is 917 g/mol. The third-order valence-electron chi connectivity index (χ3n) is 8.68. The van der Waals surface area contributed by atoms with Gasteiger partial charge in [-0.3, -0.25) is 14.5 Å². The zero-order valence-electron chi connectivity index (χ0n) is 41.4. The van der Waals surface area contributed by atoms with Gasteiger partial charge in [-0.05, 0) is 57.1 Å². The van der Waals surface area contributed by atoms with Gasteiger partial charge < -0.3 is 54.6 Å². The van der Waals surface area contributed by atoms with Crippen molar-refractivity contribution >= 4 is 47.8 Å². The van der Waals surface area contributed by atoms with Gasteiger partial charge in [-0.25, -0.2) is 20.0 Å². The number of rotatable bonds is 19. The highest BCUT2D eigenvalue weighted by atomic mass is 16.7. The van der Waals surface area contributed by atoms with Gasteiger partial charge in [0.05, 0.1) is 50.4 Å². The molecule has 0 fully saturated rings. The summed E-state index contributed by atoms with van der Waals surface area (Å²) in [6, 6.07) is 6.96. The van der Waals surface area contributed by atoms with Crippen LogP contribution in [0.15, 0.2) is 58.9 Å². The molecule has 0 spiro atoms. The molecule has 0 saturated heterocycles. The molecular formula is C46H68N12O8. The van der Waals surface area contributed by atoms with Gasteiger partial charge in [0.15, 0.2) is 28.9 Å². The Morgan fingerprint density at radius 3 is 1.58 bits per heavy atom. The lowest BCUT2D eigenvalue weighted by atomic mass is 9.97. The number of aromatic nitrogens is 4. The number of methoxy groups -OCH3 is 4. The van der Waals surface area contributed by atoms with Crippen LogP contribution in [0.5, 0.6) is 34.5 Å². The number of anilines is 2. The average Bonchev–Trinajstić information content (AvgIpc) is 3.25. The van der Waals surface area contributed by atoms with Crippen molar-refractivity contribution in [2.75, 3.05) is 96.3 Å². The fourth-order valence-corrected chi connectivity index (χ4v) is 5.49. The fraction of sp³-hybridized carbons (Fsp3) is 0.435. The number of nitrogen functional groups attached to an aromatic ring is 2. The molecule has 0 bridgehead atoms. The number of benzene rings is 2. The minimum atomic E-state index is -0.213. The molecule has 66 heavy (non-hydrogen) atoms. The van der Waals surface area contributed by atoms with E-state index in [1.54, 1.807) is 73.1 Å². The topological polar surface area (TPSA) is 231 Å². The number of carbonyl (C=O) groups excluding carboxylic acids is 2. The summed E-state index contributed by atoms with van der Waals surface area (Å²) in [7, 11) is 21.2. The minimum absolute atomic E-state index is 0.0677. The van der Waals surface area contributed by atoms with Crippen LogP contribution in [0.4, 0.5) is 23.5 Å². The van der Waals surface area contributed by atoms with Crippen molar-refractivity contribution in [2.45, 2.75) is 52.9 Å². The molecule has 2 heterocycles. The van der Waals surface area contributed by atoms with Crippen LogP contribution in [0, 0.1) is 0 Å². The average molecular weight is 917 g/mol. The molecule has 4 aromatic rings. The maximum atomic E-state index is 12.9. The lowest BCUT2D eigenvalue weighted by Gasteiger charge is -2.19. The Kier molecular flexibility index (Phi) is 22.4. The molecule has 0 atom stereocenters. The van der Waals surface area contributed by atoms with Crippen LogP contribution < -0.4 is 30.4 Å². The van der Waals surface area contributed by atoms with Crippen molar-refractivity contribution in [1.29, 1.82) is 0 Å². The Morgan fingerprint density at radius 1 is 0.636 bits per heavy atom. The summed E-state index contributed by atoms with van der Waals surface area (Å²) in [5, 5.41) is 0. The first-order valence-electron chi connectivity index (χ1n) is 20.6. The SMILES string of the molecule is COC(OC)N(C)C.COc1cc(C(C)C)c(Oc2cnc(N)nc2N)cc1C(C)=O.COc1cc(C(C)C)c(Oc2cnc(N=CN(C)C)nc2N=CN(C)C)cc1C(=O)/C=C/N(C)C. The fourth-order valence-electron chi connectivity index (χ4n) is 5.49. The first-order chi connectivity index (χ1) is 31.1. The highest BCUT2D eigenvalue weighted by Gasteiger charge is 2.21. The number of hydrogen-bond acceptors (Lipinski definition) is 18. The summed E-state index contributed by atoms with van der Waals surface area (Å²) in [4.78, 5) is 57.1. The highest BCUT2D eigenvalue weighted by molar-refractivity contribution is 6.07. The molecule has 0 aliphatic carbocycles. The number of nitrogens with two attached hydrogens (primary N) is 2. The number of Topliss-reactive ketones (excluding diaryl/α,β-unsaturated/α-hetero) is 1. The number of hydrogen-bond donors (Lipinski definition) is 2. The number of ketones is 2. The molecule has 2 aromatic heterocycles. The third-order valence-corrected chi connectivity index (χ3v) is 8.68. The normalized spacial score (nSPS) is 11.2. The summed E-state index contributed by atoms with van der Waals surface area (Å²) in [6.45, 7) is 9.57. The van der Waals surface area contributed by atoms with Crippen LogP contribution in [0.3, 0.4) is 0 Å². The Balaban J connectivity index is 0.000000411. The van der Waals surface area contributed by atoms with Crippen LogP contribution in [-0.4, -0.2) is 155 Å². The Hall–Kier alpha value is -6.90. The molecule has 0 aliphatic heterocycles. The van der Waals surface area contributed by atoms with Crippen molar-refractivity contribution in [3.63, 3.8) is 0 Å². The van der Waals surface area contributed by atoms with Gasteiger partial charge in [-0.15, -0.1) is 0 Å². The van der Waals surface area contributed by atoms with Crippen molar-refractivity contribution < 1.29 is 38.0 Å². The van der Waals surface area contributed by atoms with Crippen molar-refractivity contribution in [1.82, 2.24) is 39.5 Å². The molecule has 20 heteroatoms. The van der Waals surface area contributed by atoms with Gasteiger partial charge in [0.2, 0.25) is 18.2 Å². The van der Waals surface area contributed by atoms with E-state index in [1.165, 1.54) is 32.5 Å². The van der Waals surface area contributed by atoms with Crippen molar-refractivity contribution in [3.8, 4) is 34.5 Å². The standard InChI is InChI=1S/C25H35N7O3.C16H20N4O3.C5H13NO2/c1-17(2)18-12-21(34-9)19(20(33)10-11-30(3)4)13-22(18)35-23-14-26-25(28-16-32(7)8)29-24(23)27-15-31(5)6;1-8(2)10-5-12(22-4)11(9(3)21)6-13(10)23-14-7-19-16(18)20-15(14)17;1-6(2)5(7-3)8-4/h10-17H,1-9H3;5-8H,1-4H3,(H4,17,18,19,20);5H,1-4H3/b11-10+,27-15?,28-16?;;. The quantitative estimate of drug-likeness (QED) is 0.0317. The molecule has 4 rings (SSSR count). The molecule has 0 unspecified atom stereocenters. The largest absolute Gasteiger partial charge is 0.496 e. The first kappa shape index (κ1) is 55.2. The Bertz CT molecular complexity index is 2290. The smallest absolute Gasteiger partial charge is 0.253 e. The Morgan fingerprint density at radius 2 is 1.14 bits per heavy atom. The molecule has 2 aromatic carbocycles. The van der Waals surface area contributed by atoms with Gasteiger partial charge in [-0.1, -0.05) is 27.7 Å². The van der Waals surface area contributed by atoms with E-state index in [1.807, 2.05) is 95.0 Å². The number of carbonyl (C=O) groups is 2. The molecule has 0 amide bonds. The second kappa shape index (κ2) is 26.8. The van der Waals surface area contributed by atoms with E-state index < -0.39 is 0 Å². The van der Waals surface area contributed by atoms with E-state index >= 15 is 0 Å². The van der Waals surface area contributed by atoms with E-state index in [9.17, 15) is 9.59 Å². The van der Waals surface area contributed by atoms with E-state index in [4.69, 9.17) is 39.9 Å². The van der Waals surface area contributed by atoms with Gasteiger partial charge in [-0.2, -0.15) is 9.97 Å². The second-order valence-corrected chi connectivity index (χ2v) is 15.9. The van der Waals surface area contributed by atoms with Crippen LogP contribution in [0.1, 0.15) is 78.3 Å². The predicted octanol–water partition coefficient (Wildman–Crippen LogP) is 6.99. The minimum Gasteiger partial charge on any atom is -0.496 e. The lowest BCUT2D eigenvalue weighted by molar-refractivity contribution is -0.179. The summed E-state index contributed by atoms with van der Waals surface area (Å²) < 4.78 is 32.7. The third kappa shape index (κ3) is 17.2. The molecule has 20 nitrogen and oxygen atoms in total. The summed E-state index contributed by atoms with van der Waals surface area (Å²) >= 11 is 0. The van der Waals surface area contributed by atoms with Crippen molar-refractivity contribution in [3.05, 3.63) is 71.2 Å². The number of nitrogens with zero attached hydrogens (tertiary/aromatic N) is 10. The van der Waals surface area contributed by atoms with Gasteiger partial charge >= 0.3 is 0 Å². The second-order valence-electron chi connectivity index (χ2n) is 15.9. The molecule has 0 radical (unpaired) electrons. The van der Waals surface area contributed by atoms with Crippen LogP contribution in [0.25, 0.3) is 0 Å². The van der Waals surface area contributed by atoms with Crippen LogP contribution >= 0.6 is 0 Å². The number of ether oxygens (including phenoxy) is 6. The molecule has 0 aliphatic rings. The van der Waals surface area contributed by atoms with E-state index in [-0.39, 0.29) is 53.3 Å². The maximum Gasteiger partial charge on any atom is 0.253 e. The first-order valence-corrected chi connectivity index (χ1v) is 20.6. The zero-order chi connectivity index (χ0) is 49.8. The van der Waals surface area contributed by atoms with E-state index in [0.29, 0.717) is 45.7 Å². The number of aliphatic imine (C=N–C) groups is 2. The molecule has 0 saturated carbocycles. The van der Waals surface area contributed by atoms with E-state index in [2.05, 4.69) is 29.9 Å². The summed E-state index contributed by atoms with van der Waals surface area (Å²) in [6.07, 6.45) is 9.12. The van der Waals surface area contributed by atoms with Crippen molar-refractivity contribution in [2.24, 2.45) is 9.98 Å². The van der Waals surface area contributed by atoms with E-state index in [0.717, 1.165) is 11.1 Å². The van der Waals surface area contributed by atoms with Crippen LogP contribution in [0.2, 0.25) is 0 Å². The zero-order valence-corrected chi connectivity index (χ0v) is 41.4. The molecular weight excluding hydrogens is 849 g/mol. The molecule has 360 valence electrons. The Labute approximate surface area is 389 Å². The van der Waals surface area contributed by atoms with Gasteiger partial charge in [0, 0.05) is 79.9 Å². The lowest BCUT2D eigenvalue weighted by Crippen LogP contribution is -2.30. The highest BCUT2D eigenvalue weighted by Crippen LogP contribution is 2.40. The molecule has 4 N–H and O–H groups in total. The maximum absolute atomic E-state index is 12.9. The summed E-state index contributed by atoms with van der Waals surface area (Å²) in [5.41, 5.74) is 13.8. The summed E-state index contributed by atoms with van der Waals surface area (Å²) in [5.74, 6) is 3.28. The predicted molar refractivity (Wildman–Crippen MR) is 260 cm³/mol. The van der Waals surface area contributed by atoms with Gasteiger partial charge in [0.1, 0.15) is 23.0 Å².